The zero-order valence-corrected chi connectivity index (χ0v) is 18.5. The number of nitro groups is 1. The molecular weight excluding hydrogens is 444 g/mol. The molecule has 0 spiro atoms. The van der Waals surface area contributed by atoms with Crippen LogP contribution in [0.3, 0.4) is 0 Å². The number of carbonyl (C=O) groups is 1. The molecule has 0 saturated carbocycles. The number of benzene rings is 2. The molecule has 2 aromatic heterocycles. The summed E-state index contributed by atoms with van der Waals surface area (Å²) in [7, 11) is 0. The van der Waals surface area contributed by atoms with Crippen molar-refractivity contribution < 1.29 is 14.1 Å². The molecule has 0 aliphatic carbocycles. The minimum absolute atomic E-state index is 0.0872. The normalized spacial score (nSPS) is 15.4. The lowest BCUT2D eigenvalue weighted by Gasteiger charge is -2.21. The number of para-hydroxylation sites is 1. The maximum atomic E-state index is 13.5. The largest absolute Gasteiger partial charge is 0.450 e. The third-order valence-electron chi connectivity index (χ3n) is 5.42. The zero-order chi connectivity index (χ0) is 23.3. The zero-order valence-electron chi connectivity index (χ0n) is 17.7. The fourth-order valence-electron chi connectivity index (χ4n) is 4.01. The molecule has 1 amide bonds. The highest BCUT2D eigenvalue weighted by molar-refractivity contribution is 7.15. The summed E-state index contributed by atoms with van der Waals surface area (Å²) in [6.07, 6.45) is 0.690. The number of nitro benzene ring substituents is 1. The van der Waals surface area contributed by atoms with E-state index in [9.17, 15) is 19.7 Å². The number of hydrogen-bond donors (Lipinski definition) is 0. The summed E-state index contributed by atoms with van der Waals surface area (Å²) < 4.78 is 5.88. The van der Waals surface area contributed by atoms with Gasteiger partial charge in [0.05, 0.1) is 21.9 Å². The molecule has 0 radical (unpaired) electrons. The van der Waals surface area contributed by atoms with Gasteiger partial charge in [-0.3, -0.25) is 24.6 Å². The van der Waals surface area contributed by atoms with Gasteiger partial charge in [0.15, 0.2) is 5.43 Å². The Morgan fingerprint density at radius 3 is 2.70 bits per heavy atom. The molecule has 4 aromatic rings. The van der Waals surface area contributed by atoms with Gasteiger partial charge in [-0.25, -0.2) is 0 Å². The van der Waals surface area contributed by atoms with Gasteiger partial charge in [0.2, 0.25) is 10.9 Å². The Bertz CT molecular complexity index is 1480. The van der Waals surface area contributed by atoms with Crippen molar-refractivity contribution in [2.24, 2.45) is 5.92 Å². The fourth-order valence-corrected chi connectivity index (χ4v) is 5.09. The van der Waals surface area contributed by atoms with Crippen LogP contribution >= 0.6 is 11.3 Å². The fraction of sp³-hybridized carbons (Fsp3) is 0.217. The average Bonchev–Trinajstić information content (AvgIpc) is 3.36. The number of carbonyl (C=O) groups excluding carboxylic acids is 1. The third-order valence-corrected chi connectivity index (χ3v) is 6.36. The van der Waals surface area contributed by atoms with Gasteiger partial charge in [-0.05, 0) is 23.6 Å². The van der Waals surface area contributed by atoms with E-state index in [-0.39, 0.29) is 22.4 Å². The number of nitrogens with zero attached hydrogens (tertiary/aromatic N) is 4. The molecular formula is C23H18N4O5S. The topological polar surface area (TPSA) is 119 Å². The van der Waals surface area contributed by atoms with E-state index in [0.717, 1.165) is 5.01 Å². The van der Waals surface area contributed by atoms with Crippen LogP contribution in [0.2, 0.25) is 0 Å². The van der Waals surface area contributed by atoms with Gasteiger partial charge in [0.25, 0.3) is 11.6 Å². The van der Waals surface area contributed by atoms with Gasteiger partial charge in [0.1, 0.15) is 10.6 Å². The van der Waals surface area contributed by atoms with Crippen LogP contribution < -0.4 is 10.3 Å². The van der Waals surface area contributed by atoms with Crippen molar-refractivity contribution in [3.8, 4) is 0 Å². The van der Waals surface area contributed by atoms with Gasteiger partial charge in [-0.15, -0.1) is 10.2 Å². The number of aromatic nitrogens is 2. The number of rotatable bonds is 5. The Balaban J connectivity index is 1.75. The first-order valence-corrected chi connectivity index (χ1v) is 11.1. The Morgan fingerprint density at radius 2 is 1.94 bits per heavy atom. The molecule has 1 aliphatic heterocycles. The second-order valence-corrected chi connectivity index (χ2v) is 9.22. The van der Waals surface area contributed by atoms with Gasteiger partial charge < -0.3 is 4.42 Å². The van der Waals surface area contributed by atoms with Crippen LogP contribution in [0.25, 0.3) is 11.0 Å². The van der Waals surface area contributed by atoms with E-state index in [4.69, 9.17) is 4.42 Å². The van der Waals surface area contributed by atoms with Crippen molar-refractivity contribution in [2.45, 2.75) is 26.3 Å². The van der Waals surface area contributed by atoms with E-state index in [2.05, 4.69) is 24.0 Å². The number of amides is 1. The van der Waals surface area contributed by atoms with Crippen LogP contribution in [0.1, 0.15) is 46.6 Å². The monoisotopic (exact) mass is 462 g/mol. The van der Waals surface area contributed by atoms with Gasteiger partial charge >= 0.3 is 0 Å². The second-order valence-electron chi connectivity index (χ2n) is 8.18. The first-order valence-electron chi connectivity index (χ1n) is 10.3. The maximum Gasteiger partial charge on any atom is 0.297 e. The second kappa shape index (κ2) is 7.89. The van der Waals surface area contributed by atoms with E-state index >= 15 is 0 Å². The van der Waals surface area contributed by atoms with Gasteiger partial charge in [0, 0.05) is 18.6 Å². The lowest BCUT2D eigenvalue weighted by Crippen LogP contribution is -2.29. The van der Waals surface area contributed by atoms with Crippen LogP contribution in [0, 0.1) is 16.0 Å². The smallest absolute Gasteiger partial charge is 0.297 e. The summed E-state index contributed by atoms with van der Waals surface area (Å²) in [5, 5.41) is 21.2. The Labute approximate surface area is 191 Å². The number of hydrogen-bond acceptors (Lipinski definition) is 8. The van der Waals surface area contributed by atoms with Crippen molar-refractivity contribution in [1.29, 1.82) is 0 Å². The van der Waals surface area contributed by atoms with Crippen LogP contribution in [-0.4, -0.2) is 21.0 Å². The molecule has 1 aliphatic rings. The summed E-state index contributed by atoms with van der Waals surface area (Å²) in [6, 6.07) is 11.7. The van der Waals surface area contributed by atoms with Crippen LogP contribution in [0.5, 0.6) is 0 Å². The van der Waals surface area contributed by atoms with Crippen LogP contribution in [0.4, 0.5) is 10.8 Å². The molecule has 0 fully saturated rings. The highest BCUT2D eigenvalue weighted by Crippen LogP contribution is 2.42. The molecule has 0 saturated heterocycles. The Hall–Kier alpha value is -3.92. The summed E-state index contributed by atoms with van der Waals surface area (Å²) in [5.41, 5.74) is 0.355. The molecule has 166 valence electrons. The van der Waals surface area contributed by atoms with E-state index in [1.54, 1.807) is 30.3 Å². The Morgan fingerprint density at radius 1 is 1.15 bits per heavy atom. The molecule has 2 aromatic carbocycles. The predicted octanol–water partition coefficient (Wildman–Crippen LogP) is 4.50. The first-order chi connectivity index (χ1) is 15.8. The average molecular weight is 462 g/mol. The van der Waals surface area contributed by atoms with Crippen molar-refractivity contribution in [3.05, 3.63) is 90.8 Å². The molecule has 10 heteroatoms. The van der Waals surface area contributed by atoms with Crippen LogP contribution in [-0.2, 0) is 6.42 Å². The molecule has 1 atom stereocenters. The van der Waals surface area contributed by atoms with E-state index in [1.807, 2.05) is 0 Å². The van der Waals surface area contributed by atoms with Crippen molar-refractivity contribution >= 4 is 39.0 Å². The summed E-state index contributed by atoms with van der Waals surface area (Å²) in [6.45, 7) is 4.11. The van der Waals surface area contributed by atoms with Gasteiger partial charge in [-0.1, -0.05) is 49.4 Å². The molecule has 9 nitrogen and oxygen atoms in total. The predicted molar refractivity (Wildman–Crippen MR) is 123 cm³/mol. The third kappa shape index (κ3) is 3.48. The lowest BCUT2D eigenvalue weighted by molar-refractivity contribution is -0.384. The summed E-state index contributed by atoms with van der Waals surface area (Å²) >= 11 is 1.26. The first kappa shape index (κ1) is 21.0. The molecule has 0 bridgehead atoms. The van der Waals surface area contributed by atoms with E-state index in [1.165, 1.54) is 34.4 Å². The van der Waals surface area contributed by atoms with E-state index in [0.29, 0.717) is 34.0 Å². The van der Waals surface area contributed by atoms with Crippen molar-refractivity contribution in [3.63, 3.8) is 0 Å². The maximum absolute atomic E-state index is 13.5. The summed E-state index contributed by atoms with van der Waals surface area (Å²) in [5.74, 6) is -0.272. The molecule has 3 heterocycles. The number of fused-ring (bicyclic) bond motifs is 2. The van der Waals surface area contributed by atoms with Gasteiger partial charge in [-0.2, -0.15) is 0 Å². The highest BCUT2D eigenvalue weighted by Gasteiger charge is 2.45. The minimum Gasteiger partial charge on any atom is -0.450 e. The molecule has 5 rings (SSSR count). The highest BCUT2D eigenvalue weighted by atomic mass is 32.1. The lowest BCUT2D eigenvalue weighted by atomic mass is 9.98. The van der Waals surface area contributed by atoms with E-state index < -0.39 is 16.9 Å². The minimum atomic E-state index is -0.923. The standard InChI is InChI=1S/C23H18N4O5S/c1-12(2)10-17-24-25-23(33-17)26-19(13-6-5-7-14(11-13)27(30)31)18-20(28)15-8-3-4-9-16(15)32-21(18)22(26)29/h3-9,11-12,19H,10H2,1-2H3/t19-/m1/s1. The SMILES string of the molecule is CC(C)Cc1nnc(N2C(=O)c3oc4ccccc4c(=O)c3[C@H]2c2cccc([N+](=O)[O-])c2)s1. The molecule has 33 heavy (non-hydrogen) atoms. The number of anilines is 1. The summed E-state index contributed by atoms with van der Waals surface area (Å²) in [4.78, 5) is 39.3. The number of non-ortho nitro benzene ring substituents is 1. The molecule has 0 unspecified atom stereocenters. The quantitative estimate of drug-likeness (QED) is 0.316. The van der Waals surface area contributed by atoms with Crippen LogP contribution in [0.15, 0.2) is 57.7 Å². The van der Waals surface area contributed by atoms with Crippen molar-refractivity contribution in [2.75, 3.05) is 4.90 Å². The van der Waals surface area contributed by atoms with Crippen molar-refractivity contribution in [1.82, 2.24) is 10.2 Å². The Kier molecular flexibility index (Phi) is 5.01. The molecule has 0 N–H and O–H groups in total.